The number of nitrogens with zero attached hydrogens (tertiary/aromatic N) is 2. The van der Waals surface area contributed by atoms with E-state index in [1.807, 2.05) is 19.1 Å². The summed E-state index contributed by atoms with van der Waals surface area (Å²) in [6.45, 7) is 9.62. The van der Waals surface area contributed by atoms with Crippen molar-refractivity contribution in [2.24, 2.45) is 11.8 Å². The van der Waals surface area contributed by atoms with E-state index in [9.17, 15) is 9.59 Å². The molecule has 2 aliphatic rings. The zero-order valence-corrected chi connectivity index (χ0v) is 19.6. The number of likely N-dealkylation sites (tertiary alicyclic amines) is 1. The molecule has 7 heteroatoms. The lowest BCUT2D eigenvalue weighted by Crippen LogP contribution is -2.54. The van der Waals surface area contributed by atoms with Crippen LogP contribution < -0.4 is 14.8 Å². The molecule has 0 saturated carbocycles. The van der Waals surface area contributed by atoms with E-state index in [2.05, 4.69) is 24.1 Å². The lowest BCUT2D eigenvalue weighted by Gasteiger charge is -2.39. The Hall–Kier alpha value is -2.28. The normalized spacial score (nSPS) is 22.8. The molecule has 1 N–H and O–H groups in total. The molecule has 2 fully saturated rings. The van der Waals surface area contributed by atoms with Crippen molar-refractivity contribution >= 4 is 11.9 Å². The predicted octanol–water partition coefficient (Wildman–Crippen LogP) is 3.66. The minimum atomic E-state index is -0.857. The van der Waals surface area contributed by atoms with E-state index >= 15 is 0 Å². The van der Waals surface area contributed by atoms with Crippen molar-refractivity contribution in [3.05, 3.63) is 23.8 Å². The SMILES string of the molecule is CCC(CC)CN1CCC([C@@]2(C)NC(=O)N(Cc3cccc(OC)c3OC)C2=O)CC1. The highest BCUT2D eigenvalue weighted by molar-refractivity contribution is 6.07. The highest BCUT2D eigenvalue weighted by atomic mass is 16.5. The van der Waals surface area contributed by atoms with E-state index in [0.29, 0.717) is 11.5 Å². The van der Waals surface area contributed by atoms with Gasteiger partial charge in [0.15, 0.2) is 11.5 Å². The number of nitrogens with one attached hydrogen (secondary N) is 1. The first-order valence-corrected chi connectivity index (χ1v) is 11.4. The van der Waals surface area contributed by atoms with Gasteiger partial charge in [0.25, 0.3) is 5.91 Å². The third kappa shape index (κ3) is 4.66. The highest BCUT2D eigenvalue weighted by Crippen LogP contribution is 2.36. The van der Waals surface area contributed by atoms with Gasteiger partial charge in [-0.05, 0) is 50.8 Å². The first-order valence-electron chi connectivity index (χ1n) is 11.4. The number of carbonyl (C=O) groups excluding carboxylic acids is 2. The zero-order chi connectivity index (χ0) is 22.6. The van der Waals surface area contributed by atoms with E-state index in [1.165, 1.54) is 17.7 Å². The summed E-state index contributed by atoms with van der Waals surface area (Å²) in [6, 6.07) is 5.16. The van der Waals surface area contributed by atoms with Gasteiger partial charge in [-0.15, -0.1) is 0 Å². The van der Waals surface area contributed by atoms with Crippen molar-refractivity contribution in [1.82, 2.24) is 15.1 Å². The molecule has 0 unspecified atom stereocenters. The molecule has 172 valence electrons. The molecule has 0 aliphatic carbocycles. The molecule has 3 rings (SSSR count). The summed E-state index contributed by atoms with van der Waals surface area (Å²) >= 11 is 0. The second-order valence-electron chi connectivity index (χ2n) is 8.93. The van der Waals surface area contributed by atoms with Crippen LogP contribution in [0.15, 0.2) is 18.2 Å². The fourth-order valence-electron chi connectivity index (χ4n) is 4.99. The maximum atomic E-state index is 13.4. The Bertz CT molecular complexity index is 787. The Kier molecular flexibility index (Phi) is 7.46. The number of para-hydroxylation sites is 1. The van der Waals surface area contributed by atoms with Crippen LogP contribution in [0.3, 0.4) is 0 Å². The van der Waals surface area contributed by atoms with E-state index in [-0.39, 0.29) is 24.4 Å². The molecule has 2 heterocycles. The van der Waals surface area contributed by atoms with Gasteiger partial charge in [0.1, 0.15) is 5.54 Å². The Labute approximate surface area is 186 Å². The van der Waals surface area contributed by atoms with Gasteiger partial charge >= 0.3 is 6.03 Å². The van der Waals surface area contributed by atoms with Crippen LogP contribution in [0.4, 0.5) is 4.79 Å². The van der Waals surface area contributed by atoms with Crippen molar-refractivity contribution < 1.29 is 19.1 Å². The molecular weight excluding hydrogens is 394 g/mol. The smallest absolute Gasteiger partial charge is 0.325 e. The number of benzene rings is 1. The second-order valence-corrected chi connectivity index (χ2v) is 8.93. The zero-order valence-electron chi connectivity index (χ0n) is 19.6. The number of hydrogen-bond donors (Lipinski definition) is 1. The molecule has 0 bridgehead atoms. The quantitative estimate of drug-likeness (QED) is 0.604. The lowest BCUT2D eigenvalue weighted by molar-refractivity contribution is -0.133. The molecule has 31 heavy (non-hydrogen) atoms. The number of hydrogen-bond acceptors (Lipinski definition) is 5. The predicted molar refractivity (Wildman–Crippen MR) is 120 cm³/mol. The molecule has 2 aliphatic heterocycles. The van der Waals surface area contributed by atoms with Crippen LogP contribution in [-0.2, 0) is 11.3 Å². The molecule has 1 aromatic carbocycles. The van der Waals surface area contributed by atoms with Crippen molar-refractivity contribution in [3.63, 3.8) is 0 Å². The summed E-state index contributed by atoms with van der Waals surface area (Å²) in [7, 11) is 3.13. The van der Waals surface area contributed by atoms with Crippen LogP contribution in [0.25, 0.3) is 0 Å². The number of imide groups is 1. The number of ether oxygens (including phenoxy) is 2. The average molecular weight is 432 g/mol. The van der Waals surface area contributed by atoms with Crippen LogP contribution in [0, 0.1) is 11.8 Å². The third-order valence-electron chi connectivity index (χ3n) is 7.19. The first kappa shape index (κ1) is 23.4. The Morgan fingerprint density at radius 3 is 2.39 bits per heavy atom. The summed E-state index contributed by atoms with van der Waals surface area (Å²) in [5.74, 6) is 1.85. The number of urea groups is 1. The molecule has 0 spiro atoms. The van der Waals surface area contributed by atoms with E-state index in [4.69, 9.17) is 9.47 Å². The summed E-state index contributed by atoms with van der Waals surface area (Å²) in [5.41, 5.74) is -0.112. The van der Waals surface area contributed by atoms with Gasteiger partial charge in [-0.25, -0.2) is 4.79 Å². The van der Waals surface area contributed by atoms with Crippen LogP contribution in [-0.4, -0.2) is 61.1 Å². The first-order chi connectivity index (χ1) is 14.9. The minimum absolute atomic E-state index is 0.138. The standard InChI is InChI=1S/C24H37N3O4/c1-6-17(7-2)15-26-13-11-19(12-14-26)24(3)22(28)27(23(29)25-24)16-18-9-8-10-20(30-4)21(18)31-5/h8-10,17,19H,6-7,11-16H2,1-5H3,(H,25,29)/t24-/m1/s1. The number of rotatable bonds is 9. The molecule has 1 atom stereocenters. The lowest BCUT2D eigenvalue weighted by atomic mass is 9.78. The number of methoxy groups -OCH3 is 2. The maximum absolute atomic E-state index is 13.4. The Morgan fingerprint density at radius 1 is 1.13 bits per heavy atom. The summed E-state index contributed by atoms with van der Waals surface area (Å²) in [6.07, 6.45) is 4.23. The van der Waals surface area contributed by atoms with E-state index in [1.54, 1.807) is 20.3 Å². The fourth-order valence-corrected chi connectivity index (χ4v) is 4.99. The number of carbonyl (C=O) groups is 2. The molecular formula is C24H37N3O4. The largest absolute Gasteiger partial charge is 0.493 e. The molecule has 1 aromatic rings. The van der Waals surface area contributed by atoms with Crippen molar-refractivity contribution in [3.8, 4) is 11.5 Å². The third-order valence-corrected chi connectivity index (χ3v) is 7.19. The molecule has 2 saturated heterocycles. The van der Waals surface area contributed by atoms with Crippen molar-refractivity contribution in [2.75, 3.05) is 33.9 Å². The van der Waals surface area contributed by atoms with E-state index < -0.39 is 5.54 Å². The topological polar surface area (TPSA) is 71.1 Å². The summed E-state index contributed by atoms with van der Waals surface area (Å²) < 4.78 is 10.8. The summed E-state index contributed by atoms with van der Waals surface area (Å²) in [5, 5.41) is 3.01. The second kappa shape index (κ2) is 9.90. The molecule has 3 amide bonds. The van der Waals surface area contributed by atoms with Crippen molar-refractivity contribution in [2.45, 2.75) is 58.5 Å². The van der Waals surface area contributed by atoms with Crippen LogP contribution in [0.2, 0.25) is 0 Å². The maximum Gasteiger partial charge on any atom is 0.325 e. The number of piperidine rings is 1. The van der Waals surface area contributed by atoms with Gasteiger partial charge in [0.05, 0.1) is 20.8 Å². The van der Waals surface area contributed by atoms with Crippen LogP contribution >= 0.6 is 0 Å². The van der Waals surface area contributed by atoms with Crippen LogP contribution in [0.1, 0.15) is 52.0 Å². The van der Waals surface area contributed by atoms with Gasteiger partial charge in [-0.1, -0.05) is 38.8 Å². The van der Waals surface area contributed by atoms with Gasteiger partial charge in [-0.3, -0.25) is 9.69 Å². The van der Waals surface area contributed by atoms with Gasteiger partial charge in [-0.2, -0.15) is 0 Å². The van der Waals surface area contributed by atoms with Crippen molar-refractivity contribution in [1.29, 1.82) is 0 Å². The molecule has 0 radical (unpaired) electrons. The summed E-state index contributed by atoms with van der Waals surface area (Å²) in [4.78, 5) is 30.0. The monoisotopic (exact) mass is 431 g/mol. The van der Waals surface area contributed by atoms with Gasteiger partial charge in [0, 0.05) is 12.1 Å². The fraction of sp³-hybridized carbons (Fsp3) is 0.667. The minimum Gasteiger partial charge on any atom is -0.493 e. The average Bonchev–Trinajstić information content (AvgIpc) is 3.01. The Balaban J connectivity index is 1.69. The molecule has 0 aromatic heterocycles. The number of amides is 3. The van der Waals surface area contributed by atoms with E-state index in [0.717, 1.165) is 44.0 Å². The highest BCUT2D eigenvalue weighted by Gasteiger charge is 2.52. The van der Waals surface area contributed by atoms with Gasteiger partial charge < -0.3 is 19.7 Å². The van der Waals surface area contributed by atoms with Crippen LogP contribution in [0.5, 0.6) is 11.5 Å². The van der Waals surface area contributed by atoms with Gasteiger partial charge in [0.2, 0.25) is 0 Å². The molecule has 7 nitrogen and oxygen atoms in total. The Morgan fingerprint density at radius 2 is 1.81 bits per heavy atom.